The Hall–Kier alpha value is -2.18. The average Bonchev–Trinajstić information content (AvgIpc) is 2.76. The van der Waals surface area contributed by atoms with Gasteiger partial charge in [-0.1, -0.05) is 0 Å². The molecule has 4 nitrogen and oxygen atoms in total. The number of alkyl halides is 3. The first kappa shape index (κ1) is 14.2. The van der Waals surface area contributed by atoms with Crippen LogP contribution in [0.1, 0.15) is 11.4 Å². The van der Waals surface area contributed by atoms with Crippen LogP contribution in [-0.2, 0) is 19.6 Å². The maximum Gasteiger partial charge on any atom is 0.420 e. The first-order valence-electron chi connectivity index (χ1n) is 5.93. The molecule has 0 fully saturated rings. The number of nitrogen functional groups attached to an aromatic ring is 1. The van der Waals surface area contributed by atoms with Crippen molar-refractivity contribution in [1.29, 1.82) is 0 Å². The molecule has 2 N–H and O–H groups in total. The van der Waals surface area contributed by atoms with Gasteiger partial charge in [-0.05, 0) is 18.2 Å². The van der Waals surface area contributed by atoms with Gasteiger partial charge in [-0.25, -0.2) is 4.98 Å². The maximum atomic E-state index is 12.8. The van der Waals surface area contributed by atoms with Crippen LogP contribution in [0.25, 0.3) is 0 Å². The monoisotopic (exact) mass is 285 g/mol. The lowest BCUT2D eigenvalue weighted by Crippen LogP contribution is -2.12. The van der Waals surface area contributed by atoms with Gasteiger partial charge in [0.05, 0.1) is 12.2 Å². The average molecular weight is 285 g/mol. The molecular formula is C13H14F3N3O. The molecule has 7 heteroatoms. The number of hydrogen-bond donors (Lipinski definition) is 1. The molecule has 0 bridgehead atoms. The van der Waals surface area contributed by atoms with Gasteiger partial charge in [-0.15, -0.1) is 0 Å². The molecule has 2 aromatic rings. The Balaban J connectivity index is 2.08. The van der Waals surface area contributed by atoms with Crippen LogP contribution in [-0.4, -0.2) is 16.2 Å². The van der Waals surface area contributed by atoms with Gasteiger partial charge >= 0.3 is 6.18 Å². The fourth-order valence-electron chi connectivity index (χ4n) is 1.78. The van der Waals surface area contributed by atoms with Crippen molar-refractivity contribution < 1.29 is 17.9 Å². The molecule has 0 amide bonds. The van der Waals surface area contributed by atoms with Crippen LogP contribution in [0.15, 0.2) is 30.6 Å². The molecule has 0 saturated heterocycles. The number of imidazole rings is 1. The van der Waals surface area contributed by atoms with Crippen LogP contribution in [0.4, 0.5) is 18.9 Å². The number of aryl methyl sites for hydroxylation is 1. The van der Waals surface area contributed by atoms with Crippen LogP contribution < -0.4 is 10.5 Å². The Morgan fingerprint density at radius 2 is 2.10 bits per heavy atom. The molecule has 1 aromatic heterocycles. The number of nitrogens with two attached hydrogens (primary N) is 1. The van der Waals surface area contributed by atoms with Crippen LogP contribution in [0.5, 0.6) is 5.75 Å². The Labute approximate surface area is 114 Å². The van der Waals surface area contributed by atoms with Crippen molar-refractivity contribution in [1.82, 2.24) is 9.55 Å². The van der Waals surface area contributed by atoms with Gasteiger partial charge in [-0.2, -0.15) is 13.2 Å². The summed E-state index contributed by atoms with van der Waals surface area (Å²) < 4.78 is 45.5. The quantitative estimate of drug-likeness (QED) is 0.879. The number of rotatable bonds is 4. The molecule has 0 aliphatic rings. The lowest BCUT2D eigenvalue weighted by molar-refractivity contribution is -0.138. The molecule has 0 radical (unpaired) electrons. The number of halogens is 3. The first-order chi connectivity index (χ1) is 9.38. The minimum atomic E-state index is -4.49. The summed E-state index contributed by atoms with van der Waals surface area (Å²) in [4.78, 5) is 4.07. The van der Waals surface area contributed by atoms with E-state index in [1.165, 1.54) is 12.1 Å². The van der Waals surface area contributed by atoms with Gasteiger partial charge < -0.3 is 15.0 Å². The van der Waals surface area contributed by atoms with E-state index >= 15 is 0 Å². The molecule has 108 valence electrons. The third-order valence-corrected chi connectivity index (χ3v) is 2.81. The highest BCUT2D eigenvalue weighted by Gasteiger charge is 2.34. The second-order valence-corrected chi connectivity index (χ2v) is 4.31. The van der Waals surface area contributed by atoms with Crippen molar-refractivity contribution in [3.8, 4) is 5.75 Å². The van der Waals surface area contributed by atoms with Crippen molar-refractivity contribution >= 4 is 5.69 Å². The first-order valence-corrected chi connectivity index (χ1v) is 5.93. The van der Waals surface area contributed by atoms with Crippen LogP contribution >= 0.6 is 0 Å². The van der Waals surface area contributed by atoms with Gasteiger partial charge in [0.25, 0.3) is 0 Å². The summed E-state index contributed by atoms with van der Waals surface area (Å²) in [5.74, 6) is 0.523. The lowest BCUT2D eigenvalue weighted by atomic mass is 10.1. The van der Waals surface area contributed by atoms with Crippen molar-refractivity contribution in [3.05, 3.63) is 42.0 Å². The van der Waals surface area contributed by atoms with Gasteiger partial charge in [0.1, 0.15) is 11.6 Å². The highest BCUT2D eigenvalue weighted by atomic mass is 19.4. The summed E-state index contributed by atoms with van der Waals surface area (Å²) in [6.07, 6.45) is -0.682. The van der Waals surface area contributed by atoms with E-state index in [4.69, 9.17) is 10.5 Å². The van der Waals surface area contributed by atoms with Crippen LogP contribution in [0.3, 0.4) is 0 Å². The number of ether oxygens (including phenoxy) is 1. The number of hydrogen-bond acceptors (Lipinski definition) is 3. The second kappa shape index (κ2) is 5.44. The Kier molecular flexibility index (Phi) is 3.87. The molecule has 0 aliphatic heterocycles. The third kappa shape index (κ3) is 3.23. The molecule has 0 unspecified atom stereocenters. The lowest BCUT2D eigenvalue weighted by Gasteiger charge is -2.14. The van der Waals surface area contributed by atoms with E-state index in [0.717, 1.165) is 11.9 Å². The number of anilines is 1. The van der Waals surface area contributed by atoms with E-state index in [-0.39, 0.29) is 18.0 Å². The smallest absolute Gasteiger partial charge is 0.420 e. The van der Waals surface area contributed by atoms with E-state index in [1.807, 2.05) is 7.05 Å². The fourth-order valence-corrected chi connectivity index (χ4v) is 1.78. The third-order valence-electron chi connectivity index (χ3n) is 2.81. The van der Waals surface area contributed by atoms with Crippen molar-refractivity contribution in [2.24, 2.45) is 7.05 Å². The summed E-state index contributed by atoms with van der Waals surface area (Å²) in [6.45, 7) is 0.109. The Bertz CT molecular complexity index is 593. The SMILES string of the molecule is Cn1ccnc1CCOc1ccc(N)cc1C(F)(F)F. The second-order valence-electron chi connectivity index (χ2n) is 4.31. The van der Waals surface area contributed by atoms with E-state index in [9.17, 15) is 13.2 Å². The molecule has 0 spiro atoms. The summed E-state index contributed by atoms with van der Waals surface area (Å²) in [6, 6.07) is 3.48. The number of benzene rings is 1. The summed E-state index contributed by atoms with van der Waals surface area (Å²) >= 11 is 0. The maximum absolute atomic E-state index is 12.8. The van der Waals surface area contributed by atoms with Crippen molar-refractivity contribution in [3.63, 3.8) is 0 Å². The minimum Gasteiger partial charge on any atom is -0.492 e. The van der Waals surface area contributed by atoms with Crippen LogP contribution in [0.2, 0.25) is 0 Å². The van der Waals surface area contributed by atoms with Crippen molar-refractivity contribution in [2.45, 2.75) is 12.6 Å². The molecule has 0 saturated carbocycles. The molecular weight excluding hydrogens is 271 g/mol. The molecule has 0 atom stereocenters. The fraction of sp³-hybridized carbons (Fsp3) is 0.308. The summed E-state index contributed by atoms with van der Waals surface area (Å²) in [5.41, 5.74) is 4.57. The summed E-state index contributed by atoms with van der Waals surface area (Å²) in [7, 11) is 1.81. The molecule has 1 heterocycles. The topological polar surface area (TPSA) is 53.1 Å². The highest BCUT2D eigenvalue weighted by molar-refractivity contribution is 5.49. The predicted molar refractivity (Wildman–Crippen MR) is 68.3 cm³/mol. The molecule has 1 aromatic carbocycles. The zero-order valence-electron chi connectivity index (χ0n) is 10.8. The minimum absolute atomic E-state index is 0.0498. The Morgan fingerprint density at radius 3 is 2.70 bits per heavy atom. The van der Waals surface area contributed by atoms with Gasteiger partial charge in [-0.3, -0.25) is 0 Å². The predicted octanol–water partition coefficient (Wildman–Crippen LogP) is 2.64. The van der Waals surface area contributed by atoms with Crippen molar-refractivity contribution in [2.75, 3.05) is 12.3 Å². The van der Waals surface area contributed by atoms with Gasteiger partial charge in [0.2, 0.25) is 0 Å². The van der Waals surface area contributed by atoms with E-state index in [0.29, 0.717) is 6.42 Å². The van der Waals surface area contributed by atoms with Gasteiger partial charge in [0, 0.05) is 31.5 Å². The van der Waals surface area contributed by atoms with Gasteiger partial charge in [0.15, 0.2) is 0 Å². The van der Waals surface area contributed by atoms with Crippen LogP contribution in [0, 0.1) is 0 Å². The zero-order valence-corrected chi connectivity index (χ0v) is 10.8. The van der Waals surface area contributed by atoms with E-state index in [1.54, 1.807) is 17.0 Å². The number of aromatic nitrogens is 2. The largest absolute Gasteiger partial charge is 0.492 e. The van der Waals surface area contributed by atoms with E-state index < -0.39 is 11.7 Å². The molecule has 0 aliphatic carbocycles. The normalized spacial score (nSPS) is 11.6. The number of nitrogens with zero attached hydrogens (tertiary/aromatic N) is 2. The Morgan fingerprint density at radius 1 is 1.35 bits per heavy atom. The standard InChI is InChI=1S/C13H14F3N3O/c1-19-6-5-18-12(19)4-7-20-11-3-2-9(17)8-10(11)13(14,15)16/h2-3,5-6,8H,4,7,17H2,1H3. The zero-order chi connectivity index (χ0) is 14.8. The summed E-state index contributed by atoms with van der Waals surface area (Å²) in [5, 5.41) is 0. The van der Waals surface area contributed by atoms with E-state index in [2.05, 4.69) is 4.98 Å². The molecule has 2 rings (SSSR count). The molecule has 20 heavy (non-hydrogen) atoms. The highest BCUT2D eigenvalue weighted by Crippen LogP contribution is 2.37.